The Kier molecular flexibility index (Phi) is 3.39. The van der Waals surface area contributed by atoms with Gasteiger partial charge < -0.3 is 9.47 Å². The molecule has 1 atom stereocenters. The number of hydrogen-bond donors (Lipinski definition) is 0. The standard InChI is InChI=1S/C16H14N8/c1-11-9-23(15-13(8-17)19-6-7-20-15)10-14-21-22-16(24(11)14)12-4-2-3-5-18-12/h2-7,11H,9-10H2,1H3/t11-/m0/s1. The molecule has 0 aliphatic carbocycles. The summed E-state index contributed by atoms with van der Waals surface area (Å²) >= 11 is 0. The molecular weight excluding hydrogens is 304 g/mol. The Morgan fingerprint density at radius 3 is 2.79 bits per heavy atom. The normalized spacial score (nSPS) is 16.5. The molecule has 0 unspecified atom stereocenters. The van der Waals surface area contributed by atoms with Crippen LogP contribution in [0.5, 0.6) is 0 Å². The largest absolute Gasteiger partial charge is 0.345 e. The Balaban J connectivity index is 1.73. The van der Waals surface area contributed by atoms with Crippen LogP contribution in [-0.4, -0.2) is 36.3 Å². The molecule has 1 aliphatic heterocycles. The highest BCUT2D eigenvalue weighted by molar-refractivity contribution is 5.53. The van der Waals surface area contributed by atoms with E-state index in [-0.39, 0.29) is 6.04 Å². The van der Waals surface area contributed by atoms with E-state index in [1.54, 1.807) is 12.4 Å². The van der Waals surface area contributed by atoms with Crippen LogP contribution in [-0.2, 0) is 6.54 Å². The van der Waals surface area contributed by atoms with E-state index in [1.165, 1.54) is 6.20 Å². The summed E-state index contributed by atoms with van der Waals surface area (Å²) in [4.78, 5) is 14.8. The average Bonchev–Trinajstić information content (AvgIpc) is 3.07. The SMILES string of the molecule is C[C@H]1CN(c2nccnc2C#N)Cc2nnc(-c3ccccn3)n21. The predicted octanol–water partition coefficient (Wildman–Crippen LogP) is 1.58. The van der Waals surface area contributed by atoms with Crippen molar-refractivity contribution < 1.29 is 0 Å². The molecule has 24 heavy (non-hydrogen) atoms. The van der Waals surface area contributed by atoms with Crippen molar-refractivity contribution >= 4 is 5.82 Å². The topological polar surface area (TPSA) is 96.4 Å². The number of hydrogen-bond acceptors (Lipinski definition) is 7. The van der Waals surface area contributed by atoms with E-state index >= 15 is 0 Å². The van der Waals surface area contributed by atoms with Gasteiger partial charge in [-0.3, -0.25) is 4.98 Å². The van der Waals surface area contributed by atoms with Gasteiger partial charge in [-0.25, -0.2) is 9.97 Å². The number of rotatable bonds is 2. The lowest BCUT2D eigenvalue weighted by Gasteiger charge is -2.33. The van der Waals surface area contributed by atoms with Crippen LogP contribution in [0.1, 0.15) is 24.5 Å². The first-order chi connectivity index (χ1) is 11.8. The monoisotopic (exact) mass is 318 g/mol. The number of anilines is 1. The van der Waals surface area contributed by atoms with Gasteiger partial charge in [-0.1, -0.05) is 6.07 Å². The number of nitriles is 1. The minimum Gasteiger partial charge on any atom is -0.345 e. The molecule has 3 aromatic rings. The van der Waals surface area contributed by atoms with E-state index in [2.05, 4.69) is 42.7 Å². The third kappa shape index (κ3) is 2.27. The predicted molar refractivity (Wildman–Crippen MR) is 85.8 cm³/mol. The summed E-state index contributed by atoms with van der Waals surface area (Å²) in [7, 11) is 0. The number of nitrogens with zero attached hydrogens (tertiary/aromatic N) is 8. The van der Waals surface area contributed by atoms with Crippen LogP contribution in [0.4, 0.5) is 5.82 Å². The minimum absolute atomic E-state index is 0.120. The summed E-state index contributed by atoms with van der Waals surface area (Å²) in [5.41, 5.74) is 1.12. The maximum atomic E-state index is 9.24. The second-order valence-corrected chi connectivity index (χ2v) is 5.59. The molecule has 0 saturated heterocycles. The summed E-state index contributed by atoms with van der Waals surface area (Å²) in [5.74, 6) is 2.17. The Labute approximate surface area is 138 Å². The van der Waals surface area contributed by atoms with Crippen LogP contribution in [0.2, 0.25) is 0 Å². The molecule has 8 heteroatoms. The molecule has 0 radical (unpaired) electrons. The Hall–Kier alpha value is -3.34. The molecule has 4 rings (SSSR count). The van der Waals surface area contributed by atoms with E-state index in [0.29, 0.717) is 24.6 Å². The van der Waals surface area contributed by atoms with E-state index < -0.39 is 0 Å². The van der Waals surface area contributed by atoms with Gasteiger partial charge in [0, 0.05) is 25.1 Å². The Morgan fingerprint density at radius 1 is 1.12 bits per heavy atom. The first-order valence-corrected chi connectivity index (χ1v) is 7.59. The van der Waals surface area contributed by atoms with Crippen molar-refractivity contribution in [2.24, 2.45) is 0 Å². The molecule has 0 amide bonds. The summed E-state index contributed by atoms with van der Waals surface area (Å²) in [6.45, 7) is 3.31. The molecule has 0 bridgehead atoms. The van der Waals surface area contributed by atoms with Gasteiger partial charge in [0.05, 0.1) is 12.6 Å². The minimum atomic E-state index is 0.120. The van der Waals surface area contributed by atoms with E-state index in [4.69, 9.17) is 0 Å². The van der Waals surface area contributed by atoms with Crippen LogP contribution in [0.25, 0.3) is 11.5 Å². The number of pyridine rings is 1. The maximum Gasteiger partial charge on any atom is 0.183 e. The van der Waals surface area contributed by atoms with E-state index in [9.17, 15) is 5.26 Å². The number of aromatic nitrogens is 6. The lowest BCUT2D eigenvalue weighted by Crippen LogP contribution is -2.37. The summed E-state index contributed by atoms with van der Waals surface area (Å²) < 4.78 is 2.10. The molecular formula is C16H14N8. The fourth-order valence-electron chi connectivity index (χ4n) is 3.00. The molecule has 8 nitrogen and oxygen atoms in total. The van der Waals surface area contributed by atoms with Gasteiger partial charge in [-0.2, -0.15) is 5.26 Å². The third-order valence-corrected chi connectivity index (χ3v) is 4.00. The first-order valence-electron chi connectivity index (χ1n) is 7.59. The van der Waals surface area contributed by atoms with Crippen molar-refractivity contribution in [2.45, 2.75) is 19.5 Å². The zero-order valence-electron chi connectivity index (χ0n) is 13.0. The summed E-state index contributed by atoms with van der Waals surface area (Å²) in [5, 5.41) is 17.9. The third-order valence-electron chi connectivity index (χ3n) is 4.00. The lowest BCUT2D eigenvalue weighted by atomic mass is 10.2. The van der Waals surface area contributed by atoms with Crippen molar-refractivity contribution in [1.82, 2.24) is 29.7 Å². The molecule has 118 valence electrons. The molecule has 4 heterocycles. The van der Waals surface area contributed by atoms with Crippen LogP contribution < -0.4 is 4.90 Å². The Bertz CT molecular complexity index is 911. The second-order valence-electron chi connectivity index (χ2n) is 5.59. The van der Waals surface area contributed by atoms with Crippen molar-refractivity contribution in [3.8, 4) is 17.6 Å². The summed E-state index contributed by atoms with van der Waals surface area (Å²) in [6, 6.07) is 7.95. The van der Waals surface area contributed by atoms with Gasteiger partial charge >= 0.3 is 0 Å². The van der Waals surface area contributed by atoms with E-state index in [1.807, 2.05) is 23.1 Å². The number of fused-ring (bicyclic) bond motifs is 1. The zero-order valence-corrected chi connectivity index (χ0v) is 13.0. The zero-order chi connectivity index (χ0) is 16.5. The smallest absolute Gasteiger partial charge is 0.183 e. The molecule has 3 aromatic heterocycles. The van der Waals surface area contributed by atoms with Gasteiger partial charge in [0.15, 0.2) is 23.2 Å². The fraction of sp³-hybridized carbons (Fsp3) is 0.250. The molecule has 0 N–H and O–H groups in total. The highest BCUT2D eigenvalue weighted by Gasteiger charge is 2.29. The quantitative estimate of drug-likeness (QED) is 0.707. The van der Waals surface area contributed by atoms with Crippen LogP contribution in [0, 0.1) is 11.3 Å². The van der Waals surface area contributed by atoms with Gasteiger partial charge in [0.1, 0.15) is 11.8 Å². The van der Waals surface area contributed by atoms with E-state index in [0.717, 1.165) is 17.3 Å². The molecule has 1 aliphatic rings. The molecule has 0 spiro atoms. The van der Waals surface area contributed by atoms with Crippen molar-refractivity contribution in [1.29, 1.82) is 5.26 Å². The molecule has 0 saturated carbocycles. The van der Waals surface area contributed by atoms with Crippen LogP contribution in [0.3, 0.4) is 0 Å². The Morgan fingerprint density at radius 2 is 2.00 bits per heavy atom. The van der Waals surface area contributed by atoms with Crippen molar-refractivity contribution in [2.75, 3.05) is 11.4 Å². The lowest BCUT2D eigenvalue weighted by molar-refractivity contribution is 0.463. The van der Waals surface area contributed by atoms with Gasteiger partial charge in [0.2, 0.25) is 0 Å². The highest BCUT2D eigenvalue weighted by Crippen LogP contribution is 2.29. The maximum absolute atomic E-state index is 9.24. The van der Waals surface area contributed by atoms with Gasteiger partial charge in [-0.15, -0.1) is 10.2 Å². The summed E-state index contributed by atoms with van der Waals surface area (Å²) in [6.07, 6.45) is 4.87. The van der Waals surface area contributed by atoms with Crippen molar-refractivity contribution in [3.05, 3.63) is 48.3 Å². The second kappa shape index (κ2) is 5.70. The van der Waals surface area contributed by atoms with Crippen LogP contribution in [0.15, 0.2) is 36.8 Å². The highest BCUT2D eigenvalue weighted by atomic mass is 15.4. The molecule has 0 fully saturated rings. The van der Waals surface area contributed by atoms with Gasteiger partial charge in [-0.05, 0) is 19.1 Å². The van der Waals surface area contributed by atoms with Gasteiger partial charge in [0.25, 0.3) is 0 Å². The van der Waals surface area contributed by atoms with Crippen LogP contribution >= 0.6 is 0 Å². The average molecular weight is 318 g/mol. The first kappa shape index (κ1) is 14.3. The fourth-order valence-corrected chi connectivity index (χ4v) is 3.00. The van der Waals surface area contributed by atoms with Crippen molar-refractivity contribution in [3.63, 3.8) is 0 Å². The molecule has 0 aromatic carbocycles.